The number of piperidine rings is 1. The van der Waals surface area contributed by atoms with E-state index in [1.807, 2.05) is 23.1 Å². The second-order valence-electron chi connectivity index (χ2n) is 6.64. The van der Waals surface area contributed by atoms with Gasteiger partial charge in [0.05, 0.1) is 18.6 Å². The number of nitrogens with zero attached hydrogens (tertiary/aromatic N) is 2. The third kappa shape index (κ3) is 3.10. The number of aromatic nitrogens is 1. The summed E-state index contributed by atoms with van der Waals surface area (Å²) in [5.41, 5.74) is 0.852. The van der Waals surface area contributed by atoms with Crippen molar-refractivity contribution >= 4 is 5.91 Å². The van der Waals surface area contributed by atoms with Gasteiger partial charge in [-0.15, -0.1) is 0 Å². The number of amides is 1. The molecule has 3 atom stereocenters. The Morgan fingerprint density at radius 2 is 2.29 bits per heavy atom. The fourth-order valence-electron chi connectivity index (χ4n) is 3.54. The molecule has 1 aliphatic carbocycles. The lowest BCUT2D eigenvalue weighted by Gasteiger charge is -2.27. The molecular formula is C17H24N2O2. The molecule has 1 amide bonds. The second kappa shape index (κ2) is 6.14. The van der Waals surface area contributed by atoms with Gasteiger partial charge in [-0.2, -0.15) is 0 Å². The molecule has 0 unspecified atom stereocenters. The average Bonchev–Trinajstić information content (AvgIpc) is 3.03. The molecule has 1 saturated carbocycles. The van der Waals surface area contributed by atoms with Gasteiger partial charge in [0, 0.05) is 31.0 Å². The first-order valence-corrected chi connectivity index (χ1v) is 7.96. The Kier molecular flexibility index (Phi) is 4.24. The Morgan fingerprint density at radius 1 is 1.43 bits per heavy atom. The van der Waals surface area contributed by atoms with Gasteiger partial charge < -0.3 is 9.64 Å². The maximum absolute atomic E-state index is 12.5. The number of pyridine rings is 1. The third-order valence-electron chi connectivity index (χ3n) is 4.51. The van der Waals surface area contributed by atoms with E-state index in [9.17, 15) is 4.79 Å². The van der Waals surface area contributed by atoms with Gasteiger partial charge in [-0.1, -0.05) is 19.9 Å². The van der Waals surface area contributed by atoms with Crippen LogP contribution in [0.25, 0.3) is 0 Å². The molecule has 0 radical (unpaired) electrons. The van der Waals surface area contributed by atoms with Crippen LogP contribution in [0.2, 0.25) is 0 Å². The van der Waals surface area contributed by atoms with E-state index in [-0.39, 0.29) is 18.1 Å². The van der Waals surface area contributed by atoms with Crippen molar-refractivity contribution in [3.8, 4) is 0 Å². The number of hydrogen-bond acceptors (Lipinski definition) is 3. The number of likely N-dealkylation sites (tertiary alicyclic amines) is 1. The summed E-state index contributed by atoms with van der Waals surface area (Å²) in [5.74, 6) is 1.27. The lowest BCUT2D eigenvalue weighted by Crippen LogP contribution is -2.41. The number of rotatable bonds is 5. The average molecular weight is 288 g/mol. The van der Waals surface area contributed by atoms with Crippen LogP contribution in [0, 0.1) is 11.8 Å². The third-order valence-corrected chi connectivity index (χ3v) is 4.51. The van der Waals surface area contributed by atoms with Gasteiger partial charge in [0.25, 0.3) is 0 Å². The van der Waals surface area contributed by atoms with Crippen molar-refractivity contribution in [2.24, 2.45) is 11.8 Å². The first-order valence-electron chi connectivity index (χ1n) is 7.96. The molecular weight excluding hydrogens is 264 g/mol. The van der Waals surface area contributed by atoms with Gasteiger partial charge in [0.15, 0.2) is 0 Å². The van der Waals surface area contributed by atoms with Crippen LogP contribution in [0.5, 0.6) is 0 Å². The molecule has 2 fully saturated rings. The standard InChI is InChI=1S/C17H24N2O2/c1-12(2)11-21-17-13-6-7-15(17)19(10-13)16(20)9-14-5-3-4-8-18-14/h3-5,8,12-13,15,17H,6-7,9-11H2,1-2H3/t13-,15+,17-/m0/s1. The maximum atomic E-state index is 12.5. The van der Waals surface area contributed by atoms with Crippen molar-refractivity contribution in [3.05, 3.63) is 30.1 Å². The Balaban J connectivity index is 1.61. The molecule has 1 saturated heterocycles. The van der Waals surface area contributed by atoms with Crippen molar-refractivity contribution in [2.45, 2.75) is 45.3 Å². The minimum Gasteiger partial charge on any atom is -0.375 e. The fraction of sp³-hybridized carbons (Fsp3) is 0.647. The molecule has 1 aromatic rings. The van der Waals surface area contributed by atoms with Gasteiger partial charge in [0.2, 0.25) is 5.91 Å². The van der Waals surface area contributed by atoms with Crippen LogP contribution in [0.3, 0.4) is 0 Å². The molecule has 0 N–H and O–H groups in total. The monoisotopic (exact) mass is 288 g/mol. The number of carbonyl (C=O) groups is 1. The number of carbonyl (C=O) groups excluding carboxylic acids is 1. The highest BCUT2D eigenvalue weighted by atomic mass is 16.5. The molecule has 2 heterocycles. The summed E-state index contributed by atoms with van der Waals surface area (Å²) in [5, 5.41) is 0. The largest absolute Gasteiger partial charge is 0.375 e. The minimum absolute atomic E-state index is 0.194. The van der Waals surface area contributed by atoms with Crippen molar-refractivity contribution in [1.29, 1.82) is 0 Å². The molecule has 1 aromatic heterocycles. The molecule has 21 heavy (non-hydrogen) atoms. The van der Waals surface area contributed by atoms with E-state index in [1.165, 1.54) is 6.42 Å². The Morgan fingerprint density at radius 3 is 3.00 bits per heavy atom. The molecule has 114 valence electrons. The highest BCUT2D eigenvalue weighted by molar-refractivity contribution is 5.79. The Labute approximate surface area is 126 Å². The normalized spacial score (nSPS) is 27.6. The number of hydrogen-bond donors (Lipinski definition) is 0. The summed E-state index contributed by atoms with van der Waals surface area (Å²) in [6.45, 7) is 5.99. The van der Waals surface area contributed by atoms with E-state index in [0.717, 1.165) is 25.3 Å². The number of fused-ring (bicyclic) bond motifs is 2. The van der Waals surface area contributed by atoms with E-state index in [4.69, 9.17) is 4.74 Å². The minimum atomic E-state index is 0.194. The summed E-state index contributed by atoms with van der Waals surface area (Å²) in [6, 6.07) is 6.01. The SMILES string of the molecule is CC(C)CO[C@H]1[C@H]2CC[C@H]1N(C(=O)Cc1ccccn1)C2. The Bertz CT molecular complexity index is 489. The van der Waals surface area contributed by atoms with Crippen LogP contribution in [0.1, 0.15) is 32.4 Å². The first kappa shape index (κ1) is 14.5. The highest BCUT2D eigenvalue weighted by Gasteiger charge is 2.49. The molecule has 4 heteroatoms. The van der Waals surface area contributed by atoms with Crippen molar-refractivity contribution in [2.75, 3.05) is 13.2 Å². The summed E-state index contributed by atoms with van der Waals surface area (Å²) in [6.07, 6.45) is 4.68. The fourth-order valence-corrected chi connectivity index (χ4v) is 3.54. The summed E-state index contributed by atoms with van der Waals surface area (Å²) >= 11 is 0. The van der Waals surface area contributed by atoms with Gasteiger partial charge >= 0.3 is 0 Å². The van der Waals surface area contributed by atoms with E-state index >= 15 is 0 Å². The van der Waals surface area contributed by atoms with Crippen LogP contribution >= 0.6 is 0 Å². The summed E-state index contributed by atoms with van der Waals surface area (Å²) in [4.78, 5) is 18.8. The zero-order chi connectivity index (χ0) is 14.8. The predicted molar refractivity (Wildman–Crippen MR) is 80.7 cm³/mol. The van der Waals surface area contributed by atoms with Gasteiger partial charge in [0.1, 0.15) is 0 Å². The molecule has 2 aliphatic rings. The van der Waals surface area contributed by atoms with Crippen molar-refractivity contribution in [1.82, 2.24) is 9.88 Å². The lowest BCUT2D eigenvalue weighted by molar-refractivity contribution is -0.133. The lowest BCUT2D eigenvalue weighted by atomic mass is 10.1. The van der Waals surface area contributed by atoms with Crippen LogP contribution in [-0.4, -0.2) is 41.1 Å². The molecule has 4 nitrogen and oxygen atoms in total. The summed E-state index contributed by atoms with van der Waals surface area (Å²) in [7, 11) is 0. The quantitative estimate of drug-likeness (QED) is 0.835. The molecule has 2 bridgehead atoms. The van der Waals surface area contributed by atoms with Crippen molar-refractivity contribution in [3.63, 3.8) is 0 Å². The topological polar surface area (TPSA) is 42.4 Å². The molecule has 0 spiro atoms. The van der Waals surface area contributed by atoms with Gasteiger partial charge in [-0.25, -0.2) is 0 Å². The van der Waals surface area contributed by atoms with Crippen LogP contribution in [-0.2, 0) is 16.0 Å². The maximum Gasteiger partial charge on any atom is 0.228 e. The number of ether oxygens (including phenoxy) is 1. The molecule has 0 aromatic carbocycles. The second-order valence-corrected chi connectivity index (χ2v) is 6.64. The van der Waals surface area contributed by atoms with E-state index in [2.05, 4.69) is 18.8 Å². The van der Waals surface area contributed by atoms with Crippen LogP contribution in [0.4, 0.5) is 0 Å². The van der Waals surface area contributed by atoms with Crippen LogP contribution in [0.15, 0.2) is 24.4 Å². The van der Waals surface area contributed by atoms with Gasteiger partial charge in [-0.3, -0.25) is 9.78 Å². The summed E-state index contributed by atoms with van der Waals surface area (Å²) < 4.78 is 6.07. The van der Waals surface area contributed by atoms with Crippen molar-refractivity contribution < 1.29 is 9.53 Å². The van der Waals surface area contributed by atoms with E-state index in [1.54, 1.807) is 6.20 Å². The predicted octanol–water partition coefficient (Wildman–Crippen LogP) is 2.29. The van der Waals surface area contributed by atoms with Gasteiger partial charge in [-0.05, 0) is 30.9 Å². The Hall–Kier alpha value is -1.42. The molecule has 1 aliphatic heterocycles. The zero-order valence-electron chi connectivity index (χ0n) is 12.9. The molecule has 3 rings (SSSR count). The van der Waals surface area contributed by atoms with Crippen LogP contribution < -0.4 is 0 Å². The van der Waals surface area contributed by atoms with E-state index in [0.29, 0.717) is 18.3 Å². The first-order chi connectivity index (χ1) is 10.1. The zero-order valence-corrected chi connectivity index (χ0v) is 12.9. The van der Waals surface area contributed by atoms with E-state index < -0.39 is 0 Å². The smallest absolute Gasteiger partial charge is 0.228 e. The highest BCUT2D eigenvalue weighted by Crippen LogP contribution is 2.40.